The largest absolute Gasteiger partial charge is 0.460 e. The Labute approximate surface area is 164 Å². The van der Waals surface area contributed by atoms with Gasteiger partial charge in [-0.15, -0.1) is 0 Å². The second kappa shape index (κ2) is 8.02. The average Bonchev–Trinajstić information content (AvgIpc) is 3.35. The van der Waals surface area contributed by atoms with Gasteiger partial charge in [0.15, 0.2) is 5.76 Å². The molecule has 3 aromatic rings. The monoisotopic (exact) mass is 379 g/mol. The first-order valence-corrected chi connectivity index (χ1v) is 9.78. The molecule has 3 heterocycles. The molecule has 1 aromatic carbocycles. The smallest absolute Gasteiger partial charge is 0.257 e. The van der Waals surface area contributed by atoms with Gasteiger partial charge in [-0.2, -0.15) is 5.10 Å². The number of amides is 1. The van der Waals surface area contributed by atoms with E-state index in [9.17, 15) is 4.79 Å². The maximum Gasteiger partial charge on any atom is 0.257 e. The van der Waals surface area contributed by atoms with Gasteiger partial charge in [0.1, 0.15) is 11.5 Å². The second-order valence-electron chi connectivity index (χ2n) is 7.05. The molecule has 0 N–H and O–H groups in total. The van der Waals surface area contributed by atoms with Crippen molar-refractivity contribution in [2.45, 2.75) is 32.8 Å². The summed E-state index contributed by atoms with van der Waals surface area (Å²) in [6.07, 6.45) is 3.83. The van der Waals surface area contributed by atoms with Gasteiger partial charge in [-0.1, -0.05) is 18.2 Å². The molecule has 1 unspecified atom stereocenters. The standard InChI is InChI=1S/C22H25N3O3/c1-3-27-18-10-7-13-24(14-18)22(26)19-15-25(17-8-5-4-6-9-17)23-21(19)20-12-11-16(2)28-20/h4-6,8-9,11-12,15,18H,3,7,10,13-14H2,1-2H3. The van der Waals surface area contributed by atoms with E-state index in [1.807, 2.05) is 61.2 Å². The summed E-state index contributed by atoms with van der Waals surface area (Å²) in [6.45, 7) is 5.88. The van der Waals surface area contributed by atoms with Crippen LogP contribution < -0.4 is 0 Å². The molecule has 1 saturated heterocycles. The zero-order chi connectivity index (χ0) is 19.5. The number of ether oxygens (including phenoxy) is 1. The van der Waals surface area contributed by atoms with Gasteiger partial charge in [-0.05, 0) is 51.0 Å². The zero-order valence-electron chi connectivity index (χ0n) is 16.3. The van der Waals surface area contributed by atoms with Crippen LogP contribution in [-0.2, 0) is 4.74 Å². The molecule has 1 atom stereocenters. The fourth-order valence-electron chi connectivity index (χ4n) is 3.65. The molecule has 0 saturated carbocycles. The number of hydrogen-bond acceptors (Lipinski definition) is 4. The van der Waals surface area contributed by atoms with Crippen molar-refractivity contribution in [2.75, 3.05) is 19.7 Å². The molecule has 0 bridgehead atoms. The Bertz CT molecular complexity index is 943. The fraction of sp³-hybridized carbons (Fsp3) is 0.364. The normalized spacial score (nSPS) is 17.1. The minimum atomic E-state index is -0.0318. The topological polar surface area (TPSA) is 60.5 Å². The van der Waals surface area contributed by atoms with Gasteiger partial charge in [0.05, 0.1) is 17.4 Å². The summed E-state index contributed by atoms with van der Waals surface area (Å²) >= 11 is 0. The molecule has 0 spiro atoms. The molecule has 146 valence electrons. The first-order chi connectivity index (χ1) is 13.7. The summed E-state index contributed by atoms with van der Waals surface area (Å²) < 4.78 is 13.3. The Hall–Kier alpha value is -2.86. The number of nitrogens with zero attached hydrogens (tertiary/aromatic N) is 3. The van der Waals surface area contributed by atoms with E-state index >= 15 is 0 Å². The van der Waals surface area contributed by atoms with Gasteiger partial charge in [0, 0.05) is 25.9 Å². The Kier molecular flexibility index (Phi) is 5.30. The highest BCUT2D eigenvalue weighted by atomic mass is 16.5. The molecule has 1 aliphatic heterocycles. The number of furan rings is 1. The van der Waals surface area contributed by atoms with Crippen molar-refractivity contribution >= 4 is 5.91 Å². The minimum absolute atomic E-state index is 0.0318. The third-order valence-corrected chi connectivity index (χ3v) is 5.01. The second-order valence-corrected chi connectivity index (χ2v) is 7.05. The quantitative estimate of drug-likeness (QED) is 0.670. The fourth-order valence-corrected chi connectivity index (χ4v) is 3.65. The SMILES string of the molecule is CCOC1CCCN(C(=O)c2cn(-c3ccccc3)nc2-c2ccc(C)o2)C1. The molecule has 1 fully saturated rings. The van der Waals surface area contributed by atoms with E-state index < -0.39 is 0 Å². The molecule has 4 rings (SSSR count). The van der Waals surface area contributed by atoms with E-state index in [1.165, 1.54) is 0 Å². The van der Waals surface area contributed by atoms with Crippen LogP contribution in [0.2, 0.25) is 0 Å². The summed E-state index contributed by atoms with van der Waals surface area (Å²) in [5, 5.41) is 4.68. The number of aromatic nitrogens is 2. The highest BCUT2D eigenvalue weighted by Crippen LogP contribution is 2.28. The first kappa shape index (κ1) is 18.5. The number of carbonyl (C=O) groups is 1. The maximum absolute atomic E-state index is 13.4. The Morgan fingerprint density at radius 2 is 2.07 bits per heavy atom. The van der Waals surface area contributed by atoms with Crippen molar-refractivity contribution < 1.29 is 13.9 Å². The van der Waals surface area contributed by atoms with Crippen LogP contribution in [0.4, 0.5) is 0 Å². The van der Waals surface area contributed by atoms with Gasteiger partial charge < -0.3 is 14.1 Å². The van der Waals surface area contributed by atoms with Crippen molar-refractivity contribution in [1.82, 2.24) is 14.7 Å². The summed E-state index contributed by atoms with van der Waals surface area (Å²) in [6, 6.07) is 13.5. The first-order valence-electron chi connectivity index (χ1n) is 9.78. The van der Waals surface area contributed by atoms with Crippen molar-refractivity contribution in [3.63, 3.8) is 0 Å². The Morgan fingerprint density at radius 1 is 1.25 bits per heavy atom. The van der Waals surface area contributed by atoms with Crippen LogP contribution in [-0.4, -0.2) is 46.4 Å². The van der Waals surface area contributed by atoms with E-state index in [4.69, 9.17) is 9.15 Å². The molecule has 1 aliphatic rings. The zero-order valence-corrected chi connectivity index (χ0v) is 16.3. The van der Waals surface area contributed by atoms with Gasteiger partial charge >= 0.3 is 0 Å². The predicted molar refractivity (Wildman–Crippen MR) is 107 cm³/mol. The molecule has 2 aromatic heterocycles. The number of rotatable bonds is 5. The molecular weight excluding hydrogens is 354 g/mol. The third-order valence-electron chi connectivity index (χ3n) is 5.01. The molecule has 1 amide bonds. The summed E-state index contributed by atoms with van der Waals surface area (Å²) in [5.41, 5.74) is 2.02. The minimum Gasteiger partial charge on any atom is -0.460 e. The third kappa shape index (κ3) is 3.73. The number of likely N-dealkylation sites (tertiary alicyclic amines) is 1. The number of hydrogen-bond donors (Lipinski definition) is 0. The lowest BCUT2D eigenvalue weighted by molar-refractivity contribution is 0.00726. The summed E-state index contributed by atoms with van der Waals surface area (Å²) in [4.78, 5) is 15.2. The highest BCUT2D eigenvalue weighted by Gasteiger charge is 2.29. The molecule has 0 aliphatic carbocycles. The van der Waals surface area contributed by atoms with Crippen LogP contribution in [0.5, 0.6) is 0 Å². The van der Waals surface area contributed by atoms with Crippen molar-refractivity contribution in [3.05, 3.63) is 60.0 Å². The van der Waals surface area contributed by atoms with E-state index in [-0.39, 0.29) is 12.0 Å². The lowest BCUT2D eigenvalue weighted by Crippen LogP contribution is -2.43. The number of aryl methyl sites for hydroxylation is 1. The van der Waals surface area contributed by atoms with Crippen LogP contribution in [0.25, 0.3) is 17.1 Å². The lowest BCUT2D eigenvalue weighted by Gasteiger charge is -2.32. The van der Waals surface area contributed by atoms with Gasteiger partial charge in [-0.25, -0.2) is 4.68 Å². The number of carbonyl (C=O) groups excluding carboxylic acids is 1. The van der Waals surface area contributed by atoms with E-state index in [1.54, 1.807) is 10.9 Å². The lowest BCUT2D eigenvalue weighted by atomic mass is 10.1. The van der Waals surface area contributed by atoms with Gasteiger partial charge in [0.2, 0.25) is 0 Å². The van der Waals surface area contributed by atoms with Crippen molar-refractivity contribution in [3.8, 4) is 17.1 Å². The average molecular weight is 379 g/mol. The van der Waals surface area contributed by atoms with Crippen molar-refractivity contribution in [1.29, 1.82) is 0 Å². The highest BCUT2D eigenvalue weighted by molar-refractivity contribution is 5.99. The Morgan fingerprint density at radius 3 is 2.79 bits per heavy atom. The Balaban J connectivity index is 1.70. The van der Waals surface area contributed by atoms with Gasteiger partial charge in [0.25, 0.3) is 5.91 Å². The van der Waals surface area contributed by atoms with E-state index in [2.05, 4.69) is 5.10 Å². The molecule has 28 heavy (non-hydrogen) atoms. The number of para-hydroxylation sites is 1. The van der Waals surface area contributed by atoms with Crippen LogP contribution in [0.15, 0.2) is 53.1 Å². The van der Waals surface area contributed by atoms with E-state index in [0.29, 0.717) is 30.2 Å². The maximum atomic E-state index is 13.4. The predicted octanol–water partition coefficient (Wildman–Crippen LogP) is 4.08. The van der Waals surface area contributed by atoms with Crippen molar-refractivity contribution in [2.24, 2.45) is 0 Å². The van der Waals surface area contributed by atoms with Crippen LogP contribution in [0.3, 0.4) is 0 Å². The number of piperidine rings is 1. The molecular formula is C22H25N3O3. The molecule has 6 nitrogen and oxygen atoms in total. The van der Waals surface area contributed by atoms with E-state index in [0.717, 1.165) is 30.8 Å². The van der Waals surface area contributed by atoms with Crippen LogP contribution >= 0.6 is 0 Å². The van der Waals surface area contributed by atoms with Crippen LogP contribution in [0, 0.1) is 6.92 Å². The summed E-state index contributed by atoms with van der Waals surface area (Å²) in [7, 11) is 0. The molecule has 0 radical (unpaired) electrons. The summed E-state index contributed by atoms with van der Waals surface area (Å²) in [5.74, 6) is 1.36. The number of benzene rings is 1. The molecule has 6 heteroatoms. The van der Waals surface area contributed by atoms with Gasteiger partial charge in [-0.3, -0.25) is 4.79 Å². The van der Waals surface area contributed by atoms with Crippen LogP contribution in [0.1, 0.15) is 35.9 Å².